The van der Waals surface area contributed by atoms with Gasteiger partial charge in [-0.15, -0.1) is 11.3 Å². The summed E-state index contributed by atoms with van der Waals surface area (Å²) < 4.78 is 13.3. The maximum atomic E-state index is 13.3. The van der Waals surface area contributed by atoms with Crippen LogP contribution in [0.3, 0.4) is 0 Å². The summed E-state index contributed by atoms with van der Waals surface area (Å²) in [6.07, 6.45) is -3.86. The van der Waals surface area contributed by atoms with Crippen molar-refractivity contribution in [3.05, 3.63) is 52.5 Å². The number of urea groups is 1. The Morgan fingerprint density at radius 2 is 1.97 bits per heavy atom. The van der Waals surface area contributed by atoms with Crippen LogP contribution in [0.5, 0.6) is 0 Å². The molecule has 12 heteroatoms. The van der Waals surface area contributed by atoms with Gasteiger partial charge in [-0.25, -0.2) is 9.18 Å². The zero-order chi connectivity index (χ0) is 24.2. The predicted molar refractivity (Wildman–Crippen MR) is 118 cm³/mol. The van der Waals surface area contributed by atoms with Crippen LogP contribution in [0.15, 0.2) is 41.8 Å². The zero-order valence-electron chi connectivity index (χ0n) is 17.4. The number of primary amides is 1. The standard InChI is InChI=1S/C21H25FN4O6S/c22-11-3-1-4-12(7-11)24-20(31)26-15-9-21(32,10-16(27)17(15)28)19(30)25-14(18(23)29)8-13-5-2-6-33-13/h1-7,14-17,27-28,32H,8-10H2,(H2,23,29)(H,25,30)(H2,24,26,31)/t14-,15+,16+,17+,21-/m0/s1. The highest BCUT2D eigenvalue weighted by molar-refractivity contribution is 7.09. The highest BCUT2D eigenvalue weighted by atomic mass is 32.1. The minimum absolute atomic E-state index is 0.123. The molecule has 178 valence electrons. The maximum absolute atomic E-state index is 13.3. The number of aliphatic hydroxyl groups excluding tert-OH is 2. The number of nitrogens with one attached hydrogen (secondary N) is 3. The molecule has 3 rings (SSSR count). The van der Waals surface area contributed by atoms with E-state index in [2.05, 4.69) is 16.0 Å². The first-order valence-corrected chi connectivity index (χ1v) is 11.0. The number of aliphatic hydroxyl groups is 3. The van der Waals surface area contributed by atoms with E-state index in [1.807, 2.05) is 0 Å². The molecule has 0 radical (unpaired) electrons. The van der Waals surface area contributed by atoms with Crippen LogP contribution in [0, 0.1) is 5.82 Å². The zero-order valence-corrected chi connectivity index (χ0v) is 18.2. The van der Waals surface area contributed by atoms with Crippen molar-refractivity contribution < 1.29 is 34.1 Å². The molecular formula is C21H25FN4O6S. The van der Waals surface area contributed by atoms with Crippen LogP contribution >= 0.6 is 11.3 Å². The molecule has 2 aromatic rings. The lowest BCUT2D eigenvalue weighted by atomic mass is 9.77. The van der Waals surface area contributed by atoms with E-state index in [1.165, 1.54) is 29.5 Å². The summed E-state index contributed by atoms with van der Waals surface area (Å²) in [5.74, 6) is -2.34. The summed E-state index contributed by atoms with van der Waals surface area (Å²) in [5.41, 5.74) is 3.34. The van der Waals surface area contributed by atoms with Crippen LogP contribution in [0.2, 0.25) is 0 Å². The second kappa shape index (κ2) is 10.3. The fourth-order valence-corrected chi connectivity index (χ4v) is 4.42. The van der Waals surface area contributed by atoms with Crippen LogP contribution < -0.4 is 21.7 Å². The number of hydrogen-bond donors (Lipinski definition) is 7. The average molecular weight is 481 g/mol. The van der Waals surface area contributed by atoms with Crippen LogP contribution in [0.25, 0.3) is 0 Å². The fraction of sp³-hybridized carbons (Fsp3) is 0.381. The van der Waals surface area contributed by atoms with E-state index in [4.69, 9.17) is 5.73 Å². The molecule has 1 heterocycles. The number of anilines is 1. The van der Waals surface area contributed by atoms with E-state index in [-0.39, 0.29) is 12.1 Å². The molecule has 0 aliphatic heterocycles. The van der Waals surface area contributed by atoms with Crippen LogP contribution in [0.4, 0.5) is 14.9 Å². The maximum Gasteiger partial charge on any atom is 0.319 e. The number of carbonyl (C=O) groups excluding carboxylic acids is 3. The third-order valence-electron chi connectivity index (χ3n) is 5.37. The second-order valence-electron chi connectivity index (χ2n) is 7.92. The van der Waals surface area contributed by atoms with Crippen LogP contribution in [-0.2, 0) is 16.0 Å². The van der Waals surface area contributed by atoms with Gasteiger partial charge in [0.25, 0.3) is 5.91 Å². The summed E-state index contributed by atoms with van der Waals surface area (Å²) in [7, 11) is 0. The topological polar surface area (TPSA) is 174 Å². The number of halogens is 1. The molecule has 0 bridgehead atoms. The molecule has 0 unspecified atom stereocenters. The largest absolute Gasteiger partial charge is 0.390 e. The van der Waals surface area contributed by atoms with Crippen molar-refractivity contribution >= 4 is 34.9 Å². The minimum Gasteiger partial charge on any atom is -0.390 e. The van der Waals surface area contributed by atoms with E-state index in [1.54, 1.807) is 17.5 Å². The van der Waals surface area contributed by atoms with Crippen molar-refractivity contribution in [2.45, 2.75) is 49.2 Å². The van der Waals surface area contributed by atoms with Crippen molar-refractivity contribution in [2.75, 3.05) is 5.32 Å². The molecule has 0 saturated heterocycles. The summed E-state index contributed by atoms with van der Waals surface area (Å²) in [4.78, 5) is 37.7. The molecule has 1 saturated carbocycles. The molecule has 5 atom stereocenters. The molecule has 1 aliphatic carbocycles. The van der Waals surface area contributed by atoms with Gasteiger partial charge in [-0.05, 0) is 29.6 Å². The fourth-order valence-electron chi connectivity index (χ4n) is 3.67. The van der Waals surface area contributed by atoms with Gasteiger partial charge in [-0.1, -0.05) is 12.1 Å². The molecule has 1 aromatic carbocycles. The van der Waals surface area contributed by atoms with Crippen molar-refractivity contribution in [2.24, 2.45) is 5.73 Å². The van der Waals surface area contributed by atoms with Gasteiger partial charge in [0, 0.05) is 29.8 Å². The van der Waals surface area contributed by atoms with Crippen LogP contribution in [-0.4, -0.2) is 63.1 Å². The predicted octanol–water partition coefficient (Wildman–Crippen LogP) is -0.163. The van der Waals surface area contributed by atoms with Gasteiger partial charge in [-0.2, -0.15) is 0 Å². The van der Waals surface area contributed by atoms with E-state index in [0.29, 0.717) is 0 Å². The first-order valence-electron chi connectivity index (χ1n) is 10.1. The van der Waals surface area contributed by atoms with Gasteiger partial charge in [0.1, 0.15) is 23.6 Å². The van der Waals surface area contributed by atoms with Gasteiger partial charge in [0.2, 0.25) is 5.91 Å². The third kappa shape index (κ3) is 6.26. The van der Waals surface area contributed by atoms with E-state index in [9.17, 15) is 34.1 Å². The lowest BCUT2D eigenvalue weighted by Gasteiger charge is -2.41. The monoisotopic (exact) mass is 480 g/mol. The smallest absolute Gasteiger partial charge is 0.319 e. The molecule has 10 nitrogen and oxygen atoms in total. The van der Waals surface area contributed by atoms with Crippen molar-refractivity contribution in [3.63, 3.8) is 0 Å². The van der Waals surface area contributed by atoms with Gasteiger partial charge in [0.05, 0.1) is 12.1 Å². The Balaban J connectivity index is 1.67. The quantitative estimate of drug-likeness (QED) is 0.290. The number of thiophene rings is 1. The second-order valence-corrected chi connectivity index (χ2v) is 8.96. The number of amides is 4. The van der Waals surface area contributed by atoms with Gasteiger partial charge in [-0.3, -0.25) is 9.59 Å². The van der Waals surface area contributed by atoms with Gasteiger partial charge >= 0.3 is 6.03 Å². The van der Waals surface area contributed by atoms with Gasteiger partial charge < -0.3 is 37.0 Å². The lowest BCUT2D eigenvalue weighted by molar-refractivity contribution is -0.158. The first kappa shape index (κ1) is 24.6. The highest BCUT2D eigenvalue weighted by Crippen LogP contribution is 2.30. The number of carbonyl (C=O) groups is 3. The molecule has 4 amide bonds. The molecule has 1 fully saturated rings. The van der Waals surface area contributed by atoms with E-state index in [0.717, 1.165) is 10.9 Å². The highest BCUT2D eigenvalue weighted by Gasteiger charge is 2.49. The number of rotatable bonds is 7. The SMILES string of the molecule is NC(=O)[C@H](Cc1cccs1)NC(=O)[C@@]1(O)C[C@@H](O)[C@H](O)[C@H](NC(=O)Nc2cccc(F)c2)C1. The number of nitrogens with two attached hydrogens (primary N) is 1. The average Bonchev–Trinajstić information content (AvgIpc) is 3.24. The minimum atomic E-state index is -2.20. The van der Waals surface area contributed by atoms with E-state index < -0.39 is 66.4 Å². The van der Waals surface area contributed by atoms with Crippen molar-refractivity contribution in [1.29, 1.82) is 0 Å². The Labute approximate surface area is 192 Å². The summed E-state index contributed by atoms with van der Waals surface area (Å²) >= 11 is 1.37. The third-order valence-corrected chi connectivity index (χ3v) is 6.27. The molecular weight excluding hydrogens is 455 g/mol. The van der Waals surface area contributed by atoms with Crippen LogP contribution in [0.1, 0.15) is 17.7 Å². The van der Waals surface area contributed by atoms with Crippen molar-refractivity contribution in [3.8, 4) is 0 Å². The Morgan fingerprint density at radius 3 is 2.61 bits per heavy atom. The molecule has 33 heavy (non-hydrogen) atoms. The molecule has 8 N–H and O–H groups in total. The Hall–Kier alpha value is -3.06. The Bertz CT molecular complexity index is 1010. The summed E-state index contributed by atoms with van der Waals surface area (Å²) in [5, 5.41) is 40.4. The van der Waals surface area contributed by atoms with E-state index >= 15 is 0 Å². The summed E-state index contributed by atoms with van der Waals surface area (Å²) in [6.45, 7) is 0. The first-order chi connectivity index (χ1) is 15.6. The van der Waals surface area contributed by atoms with Crippen molar-refractivity contribution in [1.82, 2.24) is 10.6 Å². The molecule has 0 spiro atoms. The molecule has 1 aliphatic rings. The van der Waals surface area contributed by atoms with Gasteiger partial charge in [0.15, 0.2) is 0 Å². The Kier molecular flexibility index (Phi) is 7.64. The number of benzene rings is 1. The normalized spacial score (nSPS) is 25.6. The summed E-state index contributed by atoms with van der Waals surface area (Å²) in [6, 6.07) is 5.47. The number of hydrogen-bond acceptors (Lipinski definition) is 7. The molecule has 1 aromatic heterocycles. The Morgan fingerprint density at radius 1 is 1.21 bits per heavy atom. The lowest BCUT2D eigenvalue weighted by Crippen LogP contribution is -2.64.